The van der Waals surface area contributed by atoms with Gasteiger partial charge in [0.1, 0.15) is 0 Å². The van der Waals surface area contributed by atoms with Crippen molar-refractivity contribution in [1.29, 1.82) is 0 Å². The van der Waals surface area contributed by atoms with Crippen LogP contribution in [0.1, 0.15) is 102 Å². The van der Waals surface area contributed by atoms with Gasteiger partial charge in [0.15, 0.2) is 11.5 Å². The van der Waals surface area contributed by atoms with E-state index in [0.717, 1.165) is 43.1 Å². The molecule has 5 heteroatoms. The van der Waals surface area contributed by atoms with Gasteiger partial charge in [0.25, 0.3) is 0 Å². The number of unbranched alkanes of at least 4 members (excludes halogenated alkanes) is 7. The minimum Gasteiger partial charge on any atom is -0.504 e. The molecule has 182 valence electrons. The van der Waals surface area contributed by atoms with Crippen molar-refractivity contribution in [2.75, 3.05) is 7.11 Å². The van der Waals surface area contributed by atoms with Gasteiger partial charge in [-0.3, -0.25) is 4.79 Å². The number of phenols is 1. The number of aromatic hydroxyl groups is 1. The highest BCUT2D eigenvalue weighted by Gasteiger charge is 2.37. The van der Waals surface area contributed by atoms with Gasteiger partial charge < -0.3 is 20.3 Å². The molecule has 1 saturated carbocycles. The molecule has 1 fully saturated rings. The third-order valence-corrected chi connectivity index (χ3v) is 6.75. The van der Waals surface area contributed by atoms with Crippen molar-refractivity contribution < 1.29 is 19.7 Å². The van der Waals surface area contributed by atoms with E-state index in [-0.39, 0.29) is 17.8 Å². The summed E-state index contributed by atoms with van der Waals surface area (Å²) in [5.41, 5.74) is 0.912. The van der Waals surface area contributed by atoms with Gasteiger partial charge in [0.2, 0.25) is 5.91 Å². The Morgan fingerprint density at radius 1 is 1.09 bits per heavy atom. The van der Waals surface area contributed by atoms with E-state index in [0.29, 0.717) is 18.7 Å². The van der Waals surface area contributed by atoms with Crippen LogP contribution in [0.15, 0.2) is 18.2 Å². The molecular formula is C27H45NO4. The summed E-state index contributed by atoms with van der Waals surface area (Å²) in [6.45, 7) is 2.67. The number of hydrogen-bond acceptors (Lipinski definition) is 4. The second-order valence-electron chi connectivity index (χ2n) is 9.58. The number of benzene rings is 1. The maximum Gasteiger partial charge on any atom is 0.220 e. The molecule has 0 heterocycles. The molecule has 0 radical (unpaired) electrons. The summed E-state index contributed by atoms with van der Waals surface area (Å²) in [5.74, 6) is 2.23. The van der Waals surface area contributed by atoms with Gasteiger partial charge in [-0.25, -0.2) is 0 Å². The lowest BCUT2D eigenvalue weighted by Gasteiger charge is -2.10. The normalized spacial score (nSPS) is 18.3. The Morgan fingerprint density at radius 3 is 2.62 bits per heavy atom. The lowest BCUT2D eigenvalue weighted by molar-refractivity contribution is -0.121. The van der Waals surface area contributed by atoms with Crippen molar-refractivity contribution in [2.24, 2.45) is 11.8 Å². The molecule has 0 saturated heterocycles. The molecule has 2 rings (SSSR count). The third-order valence-electron chi connectivity index (χ3n) is 6.75. The zero-order chi connectivity index (χ0) is 23.2. The highest BCUT2D eigenvalue weighted by Crippen LogP contribution is 2.45. The molecule has 1 aromatic rings. The van der Waals surface area contributed by atoms with E-state index >= 15 is 0 Å². The fourth-order valence-electron chi connectivity index (χ4n) is 4.57. The Hall–Kier alpha value is -1.75. The SMILES string of the molecule is CCCCCC[C@@H](O)CC1CC1CCCCCCCC(=O)NCc1ccc(O)c(OC)c1. The number of aliphatic hydroxyl groups is 1. The minimum absolute atomic E-state index is 0.0751. The molecule has 1 aromatic carbocycles. The number of methoxy groups -OCH3 is 1. The number of carbonyl (C=O) groups excluding carboxylic acids is 1. The van der Waals surface area contributed by atoms with E-state index in [4.69, 9.17) is 4.74 Å². The number of amides is 1. The number of hydrogen-bond donors (Lipinski definition) is 3. The Balaban J connectivity index is 1.41. The largest absolute Gasteiger partial charge is 0.504 e. The monoisotopic (exact) mass is 447 g/mol. The van der Waals surface area contributed by atoms with Crippen LogP contribution in [0.5, 0.6) is 11.5 Å². The van der Waals surface area contributed by atoms with E-state index in [1.165, 1.54) is 64.9 Å². The highest BCUT2D eigenvalue weighted by atomic mass is 16.5. The summed E-state index contributed by atoms with van der Waals surface area (Å²) in [6, 6.07) is 5.12. The van der Waals surface area contributed by atoms with E-state index in [1.807, 2.05) is 0 Å². The van der Waals surface area contributed by atoms with Gasteiger partial charge in [-0.2, -0.15) is 0 Å². The number of carbonyl (C=O) groups is 1. The van der Waals surface area contributed by atoms with Crippen LogP contribution in [-0.4, -0.2) is 29.3 Å². The van der Waals surface area contributed by atoms with Crippen LogP contribution in [0, 0.1) is 11.8 Å². The first kappa shape index (κ1) is 26.5. The third kappa shape index (κ3) is 10.7. The van der Waals surface area contributed by atoms with Gasteiger partial charge in [0, 0.05) is 13.0 Å². The number of rotatable bonds is 18. The van der Waals surface area contributed by atoms with E-state index in [9.17, 15) is 15.0 Å². The average Bonchev–Trinajstić information content (AvgIpc) is 3.52. The molecule has 3 N–H and O–H groups in total. The predicted molar refractivity (Wildman–Crippen MR) is 130 cm³/mol. The molecule has 0 aromatic heterocycles. The van der Waals surface area contributed by atoms with Gasteiger partial charge in [0.05, 0.1) is 13.2 Å². The summed E-state index contributed by atoms with van der Waals surface area (Å²) in [6.07, 6.45) is 15.9. The molecule has 1 amide bonds. The summed E-state index contributed by atoms with van der Waals surface area (Å²) >= 11 is 0. The Labute approximate surface area is 195 Å². The maximum atomic E-state index is 12.0. The fourth-order valence-corrected chi connectivity index (χ4v) is 4.57. The zero-order valence-corrected chi connectivity index (χ0v) is 20.3. The van der Waals surface area contributed by atoms with Crippen LogP contribution in [0.2, 0.25) is 0 Å². The summed E-state index contributed by atoms with van der Waals surface area (Å²) in [7, 11) is 1.52. The lowest BCUT2D eigenvalue weighted by Crippen LogP contribution is -2.22. The Morgan fingerprint density at radius 2 is 1.84 bits per heavy atom. The van der Waals surface area contributed by atoms with Gasteiger partial charge in [-0.15, -0.1) is 0 Å². The molecule has 0 aliphatic heterocycles. The highest BCUT2D eigenvalue weighted by molar-refractivity contribution is 5.75. The second kappa shape index (κ2) is 15.2. The van der Waals surface area contributed by atoms with E-state index in [2.05, 4.69) is 12.2 Å². The Kier molecular flexibility index (Phi) is 12.5. The van der Waals surface area contributed by atoms with Gasteiger partial charge >= 0.3 is 0 Å². The molecule has 2 unspecified atom stereocenters. The van der Waals surface area contributed by atoms with Crippen LogP contribution >= 0.6 is 0 Å². The van der Waals surface area contributed by atoms with Crippen LogP contribution in [0.4, 0.5) is 0 Å². The average molecular weight is 448 g/mol. The standard InChI is InChI=1S/C27H45NO4/c1-3-4-5-10-13-24(29)19-23-18-22(23)12-9-7-6-8-11-14-27(31)28-20-21-15-16-25(30)26(17-21)32-2/h15-17,22-24,29-30H,3-14,18-20H2,1-2H3,(H,28,31)/t22?,23?,24-/m1/s1. The number of nitrogens with one attached hydrogen (secondary N) is 1. The number of phenolic OH excluding ortho intramolecular Hbond substituents is 1. The molecule has 5 nitrogen and oxygen atoms in total. The topological polar surface area (TPSA) is 78.8 Å². The van der Waals surface area contributed by atoms with Crippen molar-refractivity contribution in [3.05, 3.63) is 23.8 Å². The number of aliphatic hydroxyl groups excluding tert-OH is 1. The first-order valence-electron chi connectivity index (χ1n) is 12.8. The van der Waals surface area contributed by atoms with Gasteiger partial charge in [-0.05, 0) is 55.2 Å². The lowest BCUT2D eigenvalue weighted by atomic mass is 10.0. The Bertz CT molecular complexity index is 663. The zero-order valence-electron chi connectivity index (χ0n) is 20.3. The van der Waals surface area contributed by atoms with Crippen molar-refractivity contribution >= 4 is 5.91 Å². The fraction of sp³-hybridized carbons (Fsp3) is 0.741. The van der Waals surface area contributed by atoms with Crippen LogP contribution in [0.3, 0.4) is 0 Å². The van der Waals surface area contributed by atoms with Crippen LogP contribution in [0.25, 0.3) is 0 Å². The molecule has 3 atom stereocenters. The van der Waals surface area contributed by atoms with E-state index < -0.39 is 0 Å². The van der Waals surface area contributed by atoms with Crippen molar-refractivity contribution in [3.8, 4) is 11.5 Å². The van der Waals surface area contributed by atoms with Crippen molar-refractivity contribution in [2.45, 2.75) is 109 Å². The molecule has 1 aliphatic carbocycles. The van der Waals surface area contributed by atoms with Crippen molar-refractivity contribution in [3.63, 3.8) is 0 Å². The quantitative estimate of drug-likeness (QED) is 0.237. The first-order valence-corrected chi connectivity index (χ1v) is 12.8. The second-order valence-corrected chi connectivity index (χ2v) is 9.58. The van der Waals surface area contributed by atoms with Crippen molar-refractivity contribution in [1.82, 2.24) is 5.32 Å². The molecular weight excluding hydrogens is 402 g/mol. The maximum absolute atomic E-state index is 12.0. The summed E-state index contributed by atoms with van der Waals surface area (Å²) < 4.78 is 5.09. The smallest absolute Gasteiger partial charge is 0.220 e. The first-order chi connectivity index (χ1) is 15.5. The van der Waals surface area contributed by atoms with E-state index in [1.54, 1.807) is 18.2 Å². The van der Waals surface area contributed by atoms with Crippen LogP contribution < -0.4 is 10.1 Å². The van der Waals surface area contributed by atoms with Crippen LogP contribution in [-0.2, 0) is 11.3 Å². The summed E-state index contributed by atoms with van der Waals surface area (Å²) in [4.78, 5) is 12.0. The molecule has 0 spiro atoms. The minimum atomic E-state index is -0.0796. The van der Waals surface area contributed by atoms with Gasteiger partial charge in [-0.1, -0.05) is 70.8 Å². The molecule has 32 heavy (non-hydrogen) atoms. The molecule has 1 aliphatic rings. The summed E-state index contributed by atoms with van der Waals surface area (Å²) in [5, 5.41) is 22.7. The molecule has 0 bridgehead atoms. The number of ether oxygens (including phenoxy) is 1. The predicted octanol–water partition coefficient (Wildman–Crippen LogP) is 6.11.